The number of amides is 1. The van der Waals surface area contributed by atoms with Gasteiger partial charge in [-0.05, 0) is 51.7 Å². The van der Waals surface area contributed by atoms with Crippen LogP contribution < -0.4 is 10.5 Å². The molecule has 2 heterocycles. The first-order valence-corrected chi connectivity index (χ1v) is 7.66. The van der Waals surface area contributed by atoms with Gasteiger partial charge in [0.15, 0.2) is 0 Å². The fourth-order valence-electron chi connectivity index (χ4n) is 2.30. The lowest BCUT2D eigenvalue weighted by Gasteiger charge is -2.33. The lowest BCUT2D eigenvalue weighted by molar-refractivity contribution is 0.0165. The minimum Gasteiger partial charge on any atom is -0.492 e. The molecule has 0 unspecified atom stereocenters. The smallest absolute Gasteiger partial charge is 0.410 e. The van der Waals surface area contributed by atoms with Crippen LogP contribution in [0.3, 0.4) is 0 Å². The average molecular weight is 307 g/mol. The SMILES string of the molecule is CC(C)(C)OC(=O)N1CCC(COc2ccc(N)nc2)CC1. The number of piperidine rings is 1. The quantitative estimate of drug-likeness (QED) is 0.929. The molecule has 0 saturated carbocycles. The largest absolute Gasteiger partial charge is 0.492 e. The second-order valence-electron chi connectivity index (χ2n) is 6.64. The highest BCUT2D eigenvalue weighted by atomic mass is 16.6. The van der Waals surface area contributed by atoms with E-state index in [1.807, 2.05) is 26.8 Å². The van der Waals surface area contributed by atoms with Crippen LogP contribution in [0.15, 0.2) is 18.3 Å². The van der Waals surface area contributed by atoms with Gasteiger partial charge in [-0.15, -0.1) is 0 Å². The molecule has 1 aromatic rings. The van der Waals surface area contributed by atoms with Crippen LogP contribution >= 0.6 is 0 Å². The summed E-state index contributed by atoms with van der Waals surface area (Å²) in [6.45, 7) is 7.70. The van der Waals surface area contributed by atoms with Crippen molar-refractivity contribution >= 4 is 11.9 Å². The van der Waals surface area contributed by atoms with Crippen molar-refractivity contribution in [3.63, 3.8) is 0 Å². The van der Waals surface area contributed by atoms with Gasteiger partial charge in [0, 0.05) is 13.1 Å². The zero-order valence-corrected chi connectivity index (χ0v) is 13.5. The molecule has 0 bridgehead atoms. The van der Waals surface area contributed by atoms with Crippen LogP contribution in [-0.4, -0.2) is 41.3 Å². The van der Waals surface area contributed by atoms with Crippen molar-refractivity contribution in [3.8, 4) is 5.75 Å². The first kappa shape index (κ1) is 16.4. The number of nitrogen functional groups attached to an aromatic ring is 1. The molecule has 6 nitrogen and oxygen atoms in total. The highest BCUT2D eigenvalue weighted by Crippen LogP contribution is 2.21. The third-order valence-corrected chi connectivity index (χ3v) is 3.51. The van der Waals surface area contributed by atoms with E-state index in [9.17, 15) is 4.79 Å². The number of nitrogens with zero attached hydrogens (tertiary/aromatic N) is 2. The first-order chi connectivity index (χ1) is 10.3. The summed E-state index contributed by atoms with van der Waals surface area (Å²) >= 11 is 0. The van der Waals surface area contributed by atoms with Crippen molar-refractivity contribution in [2.24, 2.45) is 5.92 Å². The number of anilines is 1. The van der Waals surface area contributed by atoms with Crippen LogP contribution in [0, 0.1) is 5.92 Å². The van der Waals surface area contributed by atoms with Gasteiger partial charge in [-0.1, -0.05) is 0 Å². The number of pyridine rings is 1. The van der Waals surface area contributed by atoms with E-state index in [1.165, 1.54) is 0 Å². The standard InChI is InChI=1S/C16H25N3O3/c1-16(2,3)22-15(20)19-8-6-12(7-9-19)11-21-13-4-5-14(17)18-10-13/h4-5,10,12H,6-9,11H2,1-3H3,(H2,17,18). The molecule has 1 amide bonds. The summed E-state index contributed by atoms with van der Waals surface area (Å²) < 4.78 is 11.1. The average Bonchev–Trinajstić information content (AvgIpc) is 2.45. The molecular weight excluding hydrogens is 282 g/mol. The Hall–Kier alpha value is -1.98. The fraction of sp³-hybridized carbons (Fsp3) is 0.625. The number of nitrogens with two attached hydrogens (primary N) is 1. The van der Waals surface area contributed by atoms with E-state index >= 15 is 0 Å². The molecule has 1 saturated heterocycles. The molecule has 0 radical (unpaired) electrons. The van der Waals surface area contributed by atoms with E-state index in [0.29, 0.717) is 31.4 Å². The summed E-state index contributed by atoms with van der Waals surface area (Å²) in [5.74, 6) is 1.65. The molecule has 2 rings (SSSR count). The van der Waals surface area contributed by atoms with Crippen LogP contribution in [-0.2, 0) is 4.74 Å². The van der Waals surface area contributed by atoms with E-state index in [0.717, 1.165) is 18.6 Å². The number of aromatic nitrogens is 1. The van der Waals surface area contributed by atoms with Gasteiger partial charge in [-0.3, -0.25) is 0 Å². The summed E-state index contributed by atoms with van der Waals surface area (Å²) in [4.78, 5) is 17.7. The molecule has 2 N–H and O–H groups in total. The van der Waals surface area contributed by atoms with Gasteiger partial charge in [-0.2, -0.15) is 0 Å². The van der Waals surface area contributed by atoms with Crippen LogP contribution in [0.25, 0.3) is 0 Å². The van der Waals surface area contributed by atoms with Gasteiger partial charge in [-0.25, -0.2) is 9.78 Å². The van der Waals surface area contributed by atoms with Gasteiger partial charge < -0.3 is 20.1 Å². The lowest BCUT2D eigenvalue weighted by Crippen LogP contribution is -2.42. The van der Waals surface area contributed by atoms with Crippen molar-refractivity contribution in [1.82, 2.24) is 9.88 Å². The monoisotopic (exact) mass is 307 g/mol. The number of rotatable bonds is 3. The Labute approximate surface area is 131 Å². The Balaban J connectivity index is 1.73. The van der Waals surface area contributed by atoms with E-state index in [2.05, 4.69) is 4.98 Å². The summed E-state index contributed by atoms with van der Waals surface area (Å²) in [7, 11) is 0. The summed E-state index contributed by atoms with van der Waals surface area (Å²) in [5, 5.41) is 0. The molecule has 0 spiro atoms. The number of carbonyl (C=O) groups is 1. The van der Waals surface area contributed by atoms with Crippen LogP contribution in [0.4, 0.5) is 10.6 Å². The van der Waals surface area contributed by atoms with Crippen LogP contribution in [0.5, 0.6) is 5.75 Å². The lowest BCUT2D eigenvalue weighted by atomic mass is 9.98. The minimum atomic E-state index is -0.445. The van der Waals surface area contributed by atoms with E-state index in [4.69, 9.17) is 15.2 Å². The van der Waals surface area contributed by atoms with E-state index in [1.54, 1.807) is 17.2 Å². The number of hydrogen-bond acceptors (Lipinski definition) is 5. The summed E-state index contributed by atoms with van der Waals surface area (Å²) in [6, 6.07) is 3.54. The molecule has 0 aromatic carbocycles. The molecular formula is C16H25N3O3. The zero-order chi connectivity index (χ0) is 16.2. The second kappa shape index (κ2) is 6.85. The Morgan fingerprint density at radius 1 is 1.36 bits per heavy atom. The molecule has 1 aliphatic heterocycles. The van der Waals surface area contributed by atoms with Crippen molar-refractivity contribution in [1.29, 1.82) is 0 Å². The third-order valence-electron chi connectivity index (χ3n) is 3.51. The van der Waals surface area contributed by atoms with Crippen LogP contribution in [0.1, 0.15) is 33.6 Å². The van der Waals surface area contributed by atoms with E-state index < -0.39 is 5.60 Å². The highest BCUT2D eigenvalue weighted by Gasteiger charge is 2.27. The second-order valence-corrected chi connectivity index (χ2v) is 6.64. The third kappa shape index (κ3) is 5.09. The van der Waals surface area contributed by atoms with Gasteiger partial charge in [0.2, 0.25) is 0 Å². The number of likely N-dealkylation sites (tertiary alicyclic amines) is 1. The Kier molecular flexibility index (Phi) is 5.11. The maximum absolute atomic E-state index is 12.0. The summed E-state index contributed by atoms with van der Waals surface area (Å²) in [5.41, 5.74) is 5.09. The van der Waals surface area contributed by atoms with Crippen LogP contribution in [0.2, 0.25) is 0 Å². The molecule has 122 valence electrons. The minimum absolute atomic E-state index is 0.227. The van der Waals surface area contributed by atoms with Gasteiger partial charge in [0.1, 0.15) is 17.2 Å². The molecule has 1 fully saturated rings. The normalized spacial score (nSPS) is 16.4. The molecule has 0 aliphatic carbocycles. The highest BCUT2D eigenvalue weighted by molar-refractivity contribution is 5.68. The molecule has 1 aliphatic rings. The fourth-order valence-corrected chi connectivity index (χ4v) is 2.30. The molecule has 0 atom stereocenters. The van der Waals surface area contributed by atoms with E-state index in [-0.39, 0.29) is 6.09 Å². The molecule has 1 aromatic heterocycles. The Morgan fingerprint density at radius 2 is 2.05 bits per heavy atom. The van der Waals surface area contributed by atoms with Crippen molar-refractivity contribution in [2.75, 3.05) is 25.4 Å². The van der Waals surface area contributed by atoms with Gasteiger partial charge >= 0.3 is 6.09 Å². The Morgan fingerprint density at radius 3 is 2.59 bits per heavy atom. The molecule has 6 heteroatoms. The topological polar surface area (TPSA) is 77.7 Å². The van der Waals surface area contributed by atoms with Crippen molar-refractivity contribution < 1.29 is 14.3 Å². The Bertz CT molecular complexity index is 488. The number of ether oxygens (including phenoxy) is 2. The van der Waals surface area contributed by atoms with Gasteiger partial charge in [0.05, 0.1) is 12.8 Å². The first-order valence-electron chi connectivity index (χ1n) is 7.66. The van der Waals surface area contributed by atoms with Gasteiger partial charge in [0.25, 0.3) is 0 Å². The maximum atomic E-state index is 12.0. The maximum Gasteiger partial charge on any atom is 0.410 e. The predicted octanol–water partition coefficient (Wildman–Crippen LogP) is 2.69. The zero-order valence-electron chi connectivity index (χ0n) is 13.5. The molecule has 22 heavy (non-hydrogen) atoms. The number of hydrogen-bond donors (Lipinski definition) is 1. The van der Waals surface area contributed by atoms with Crippen molar-refractivity contribution in [2.45, 2.75) is 39.2 Å². The predicted molar refractivity (Wildman–Crippen MR) is 84.7 cm³/mol. The summed E-state index contributed by atoms with van der Waals surface area (Å²) in [6.07, 6.45) is 3.24. The number of carbonyl (C=O) groups excluding carboxylic acids is 1. The van der Waals surface area contributed by atoms with Crippen molar-refractivity contribution in [3.05, 3.63) is 18.3 Å².